The summed E-state index contributed by atoms with van der Waals surface area (Å²) in [6.45, 7) is 3.51. The molecule has 4 unspecified atom stereocenters. The zero-order valence-corrected chi connectivity index (χ0v) is 20.2. The van der Waals surface area contributed by atoms with Gasteiger partial charge >= 0.3 is 5.97 Å². The molecule has 12 heteroatoms. The number of guanidine groups is 1. The standard InChI is InChI=1S/C23H37N7O5/c1-3-14(2)19(24)21(33)30-17(12-15-8-5-4-6-9-15)20(32)28-13-18(31)29-16(22(34)35)10-7-11-27-23(25)26/h4-6,8-9,14,16-17,19H,3,7,10-13,24H2,1-2H3,(H,28,32)(H,29,31)(H,30,33)(H,34,35)(H4,25,26,27). The van der Waals surface area contributed by atoms with Crippen LogP contribution >= 0.6 is 0 Å². The fraction of sp³-hybridized carbons (Fsp3) is 0.522. The van der Waals surface area contributed by atoms with Gasteiger partial charge in [-0.25, -0.2) is 4.79 Å². The lowest BCUT2D eigenvalue weighted by Crippen LogP contribution is -2.55. The number of nitrogens with two attached hydrogens (primary N) is 3. The van der Waals surface area contributed by atoms with Gasteiger partial charge < -0.3 is 38.3 Å². The minimum absolute atomic E-state index is 0.0823. The zero-order valence-electron chi connectivity index (χ0n) is 20.2. The van der Waals surface area contributed by atoms with E-state index in [9.17, 15) is 24.3 Å². The molecule has 1 aromatic rings. The van der Waals surface area contributed by atoms with Gasteiger partial charge in [0.1, 0.15) is 12.1 Å². The summed E-state index contributed by atoms with van der Waals surface area (Å²) in [5.74, 6) is -3.15. The van der Waals surface area contributed by atoms with Crippen molar-refractivity contribution >= 4 is 29.7 Å². The minimum Gasteiger partial charge on any atom is -0.480 e. The number of carbonyl (C=O) groups excluding carboxylic acids is 3. The summed E-state index contributed by atoms with van der Waals surface area (Å²) in [5.41, 5.74) is 17.3. The molecule has 0 fully saturated rings. The summed E-state index contributed by atoms with van der Waals surface area (Å²) in [6.07, 6.45) is 1.33. The van der Waals surface area contributed by atoms with E-state index in [-0.39, 0.29) is 31.3 Å². The van der Waals surface area contributed by atoms with Crippen LogP contribution in [0.1, 0.15) is 38.7 Å². The van der Waals surface area contributed by atoms with Crippen LogP contribution in [-0.4, -0.2) is 66.0 Å². The van der Waals surface area contributed by atoms with Crippen molar-refractivity contribution in [2.45, 2.75) is 57.7 Å². The molecule has 0 saturated carbocycles. The SMILES string of the molecule is CCC(C)C(N)C(=O)NC(Cc1ccccc1)C(=O)NCC(=O)NC(CCCN=C(N)N)C(=O)O. The topological polar surface area (TPSA) is 215 Å². The molecule has 0 aliphatic rings. The number of benzene rings is 1. The molecule has 3 amide bonds. The fourth-order valence-electron chi connectivity index (χ4n) is 3.14. The van der Waals surface area contributed by atoms with Gasteiger partial charge in [-0.2, -0.15) is 0 Å². The molecule has 1 aromatic carbocycles. The molecule has 1 rings (SSSR count). The van der Waals surface area contributed by atoms with E-state index in [1.54, 1.807) is 0 Å². The Morgan fingerprint density at radius 2 is 1.69 bits per heavy atom. The average molecular weight is 492 g/mol. The quantitative estimate of drug-likeness (QED) is 0.0898. The van der Waals surface area contributed by atoms with Crippen LogP contribution in [0.25, 0.3) is 0 Å². The van der Waals surface area contributed by atoms with E-state index in [0.717, 1.165) is 5.56 Å². The summed E-state index contributed by atoms with van der Waals surface area (Å²) in [5, 5.41) is 16.8. The number of amides is 3. The molecule has 35 heavy (non-hydrogen) atoms. The Labute approximate surface area is 205 Å². The summed E-state index contributed by atoms with van der Waals surface area (Å²) < 4.78 is 0. The number of carbonyl (C=O) groups is 4. The Bertz CT molecular complexity index is 874. The lowest BCUT2D eigenvalue weighted by molar-refractivity contribution is -0.142. The first kappa shape index (κ1) is 29.4. The van der Waals surface area contributed by atoms with Gasteiger partial charge in [0.15, 0.2) is 5.96 Å². The maximum Gasteiger partial charge on any atom is 0.326 e. The number of aliphatic imine (C=N–C) groups is 1. The summed E-state index contributed by atoms with van der Waals surface area (Å²) in [6, 6.07) is 6.15. The summed E-state index contributed by atoms with van der Waals surface area (Å²) in [4.78, 5) is 52.9. The Kier molecular flexibility index (Phi) is 12.8. The predicted octanol–water partition coefficient (Wildman–Crippen LogP) is -1.17. The van der Waals surface area contributed by atoms with E-state index < -0.39 is 48.4 Å². The molecule has 12 nitrogen and oxygen atoms in total. The number of carboxylic acids is 1. The third-order valence-corrected chi connectivity index (χ3v) is 5.48. The van der Waals surface area contributed by atoms with Crippen LogP contribution in [0, 0.1) is 5.92 Å². The van der Waals surface area contributed by atoms with E-state index in [1.807, 2.05) is 44.2 Å². The van der Waals surface area contributed by atoms with Crippen molar-refractivity contribution in [3.05, 3.63) is 35.9 Å². The number of hydrogen-bond acceptors (Lipinski definition) is 6. The lowest BCUT2D eigenvalue weighted by Gasteiger charge is -2.23. The first-order valence-corrected chi connectivity index (χ1v) is 11.5. The second-order valence-corrected chi connectivity index (χ2v) is 8.29. The largest absolute Gasteiger partial charge is 0.480 e. The number of nitrogens with zero attached hydrogens (tertiary/aromatic N) is 1. The number of nitrogens with one attached hydrogen (secondary N) is 3. The van der Waals surface area contributed by atoms with Crippen molar-refractivity contribution in [2.24, 2.45) is 28.1 Å². The number of aliphatic carboxylic acids is 1. The number of carboxylic acid groups (broad SMARTS) is 1. The van der Waals surface area contributed by atoms with Crippen LogP contribution in [0.2, 0.25) is 0 Å². The molecule has 0 spiro atoms. The zero-order chi connectivity index (χ0) is 26.4. The van der Waals surface area contributed by atoms with Crippen molar-refractivity contribution in [2.75, 3.05) is 13.1 Å². The average Bonchev–Trinajstić information content (AvgIpc) is 2.83. The monoisotopic (exact) mass is 491 g/mol. The van der Waals surface area contributed by atoms with Gasteiger partial charge in [0, 0.05) is 13.0 Å². The highest BCUT2D eigenvalue weighted by atomic mass is 16.4. The van der Waals surface area contributed by atoms with Crippen molar-refractivity contribution < 1.29 is 24.3 Å². The smallest absolute Gasteiger partial charge is 0.326 e. The second-order valence-electron chi connectivity index (χ2n) is 8.29. The van der Waals surface area contributed by atoms with E-state index in [4.69, 9.17) is 17.2 Å². The molecule has 0 aliphatic heterocycles. The van der Waals surface area contributed by atoms with Crippen LogP contribution in [-0.2, 0) is 25.6 Å². The first-order chi connectivity index (χ1) is 16.5. The second kappa shape index (κ2) is 15.3. The Morgan fingerprint density at radius 1 is 1.03 bits per heavy atom. The van der Waals surface area contributed by atoms with Gasteiger partial charge in [-0.3, -0.25) is 19.4 Å². The van der Waals surface area contributed by atoms with Crippen LogP contribution in [0.4, 0.5) is 0 Å². The van der Waals surface area contributed by atoms with Gasteiger partial charge in [-0.05, 0) is 24.3 Å². The van der Waals surface area contributed by atoms with Gasteiger partial charge in [0.2, 0.25) is 17.7 Å². The van der Waals surface area contributed by atoms with Crippen molar-refractivity contribution in [3.8, 4) is 0 Å². The molecule has 194 valence electrons. The maximum absolute atomic E-state index is 12.8. The lowest BCUT2D eigenvalue weighted by atomic mass is 9.98. The highest BCUT2D eigenvalue weighted by Gasteiger charge is 2.27. The van der Waals surface area contributed by atoms with Crippen molar-refractivity contribution in [1.82, 2.24) is 16.0 Å². The van der Waals surface area contributed by atoms with Gasteiger partial charge in [-0.15, -0.1) is 0 Å². The van der Waals surface area contributed by atoms with E-state index >= 15 is 0 Å². The normalized spacial score (nSPS) is 14.0. The molecule has 10 N–H and O–H groups in total. The maximum atomic E-state index is 12.8. The molecular formula is C23H37N7O5. The van der Waals surface area contributed by atoms with Crippen molar-refractivity contribution in [1.29, 1.82) is 0 Å². The van der Waals surface area contributed by atoms with Crippen LogP contribution < -0.4 is 33.2 Å². The number of hydrogen-bond donors (Lipinski definition) is 7. The first-order valence-electron chi connectivity index (χ1n) is 11.5. The summed E-state index contributed by atoms with van der Waals surface area (Å²) >= 11 is 0. The molecular weight excluding hydrogens is 454 g/mol. The third kappa shape index (κ3) is 11.3. The van der Waals surface area contributed by atoms with E-state index in [1.165, 1.54) is 0 Å². The Hall–Kier alpha value is -3.67. The summed E-state index contributed by atoms with van der Waals surface area (Å²) in [7, 11) is 0. The van der Waals surface area contributed by atoms with Gasteiger partial charge in [0.25, 0.3) is 0 Å². The predicted molar refractivity (Wildman–Crippen MR) is 132 cm³/mol. The Balaban J connectivity index is 2.75. The molecule has 0 radical (unpaired) electrons. The molecule has 0 bridgehead atoms. The molecule has 0 heterocycles. The van der Waals surface area contributed by atoms with Crippen LogP contribution in [0.5, 0.6) is 0 Å². The molecule has 0 saturated heterocycles. The molecule has 4 atom stereocenters. The Morgan fingerprint density at radius 3 is 2.26 bits per heavy atom. The highest BCUT2D eigenvalue weighted by molar-refractivity contribution is 5.92. The van der Waals surface area contributed by atoms with Gasteiger partial charge in [0.05, 0.1) is 12.6 Å². The number of rotatable bonds is 15. The van der Waals surface area contributed by atoms with Crippen LogP contribution in [0.3, 0.4) is 0 Å². The molecule has 0 aromatic heterocycles. The fourth-order valence-corrected chi connectivity index (χ4v) is 3.14. The third-order valence-electron chi connectivity index (χ3n) is 5.48. The highest BCUT2D eigenvalue weighted by Crippen LogP contribution is 2.08. The van der Waals surface area contributed by atoms with E-state index in [2.05, 4.69) is 20.9 Å². The van der Waals surface area contributed by atoms with Crippen LogP contribution in [0.15, 0.2) is 35.3 Å². The molecule has 0 aliphatic carbocycles. The van der Waals surface area contributed by atoms with E-state index in [0.29, 0.717) is 12.8 Å². The van der Waals surface area contributed by atoms with Gasteiger partial charge in [-0.1, -0.05) is 50.6 Å². The van der Waals surface area contributed by atoms with Crippen molar-refractivity contribution in [3.63, 3.8) is 0 Å². The minimum atomic E-state index is -1.22.